The van der Waals surface area contributed by atoms with Gasteiger partial charge < -0.3 is 9.80 Å². The average molecular weight is 1200 g/mol. The Morgan fingerprint density at radius 2 is 0.613 bits per heavy atom. The molecule has 0 N–H and O–H groups in total. The van der Waals surface area contributed by atoms with E-state index in [4.69, 9.17) is 0 Å². The molecule has 0 saturated carbocycles. The third kappa shape index (κ3) is 10.3. The largest absolute Gasteiger partial charge is 0.310 e. The van der Waals surface area contributed by atoms with Crippen LogP contribution in [-0.2, 0) is 0 Å². The Labute approximate surface area is 546 Å². The quantitative estimate of drug-likeness (QED) is 0.114. The summed E-state index contributed by atoms with van der Waals surface area (Å²) in [5.41, 5.74) is 23.0. The van der Waals surface area contributed by atoms with Crippen molar-refractivity contribution < 1.29 is 0 Å². The van der Waals surface area contributed by atoms with E-state index in [0.717, 1.165) is 50.8 Å². The highest BCUT2D eigenvalue weighted by atomic mass is 32.1. The summed E-state index contributed by atoms with van der Waals surface area (Å²) in [6, 6.07) is 134. The molecule has 0 unspecified atom stereocenters. The Kier molecular flexibility index (Phi) is 14.1. The van der Waals surface area contributed by atoms with Crippen LogP contribution in [0.1, 0.15) is 0 Å². The summed E-state index contributed by atoms with van der Waals surface area (Å²) in [5, 5.41) is 9.98. The van der Waals surface area contributed by atoms with E-state index in [-0.39, 0.29) is 0 Å². The van der Waals surface area contributed by atoms with Gasteiger partial charge in [-0.05, 0) is 184 Å². The van der Waals surface area contributed by atoms with Gasteiger partial charge in [0.05, 0.1) is 5.69 Å². The maximum Gasteiger partial charge on any atom is 0.0540 e. The number of nitrogens with zero attached hydrogens (tertiary/aromatic N) is 2. The molecule has 0 fully saturated rings. The van der Waals surface area contributed by atoms with Gasteiger partial charge in [0.1, 0.15) is 0 Å². The molecule has 0 spiro atoms. The minimum Gasteiger partial charge on any atom is -0.310 e. The molecule has 1 aromatic heterocycles. The predicted molar refractivity (Wildman–Crippen MR) is 399 cm³/mol. The fourth-order valence-corrected chi connectivity index (χ4v) is 15.2. The lowest BCUT2D eigenvalue weighted by atomic mass is 9.92. The molecule has 93 heavy (non-hydrogen) atoms. The van der Waals surface area contributed by atoms with Crippen molar-refractivity contribution >= 4 is 98.0 Å². The first-order valence-electron chi connectivity index (χ1n) is 31.9. The second-order valence-electron chi connectivity index (χ2n) is 23.9. The van der Waals surface area contributed by atoms with Crippen molar-refractivity contribution in [2.75, 3.05) is 9.80 Å². The summed E-state index contributed by atoms with van der Waals surface area (Å²) in [6.45, 7) is 0. The summed E-state index contributed by atoms with van der Waals surface area (Å²) >= 11 is 1.88. The summed E-state index contributed by atoms with van der Waals surface area (Å²) in [7, 11) is 0. The summed E-state index contributed by atoms with van der Waals surface area (Å²) < 4.78 is 2.60. The molecule has 0 aliphatic heterocycles. The van der Waals surface area contributed by atoms with Crippen molar-refractivity contribution in [3.05, 3.63) is 364 Å². The van der Waals surface area contributed by atoms with Gasteiger partial charge >= 0.3 is 0 Å². The highest BCUT2D eigenvalue weighted by molar-refractivity contribution is 7.26. The maximum atomic E-state index is 2.43. The highest BCUT2D eigenvalue weighted by Gasteiger charge is 2.22. The van der Waals surface area contributed by atoms with Crippen LogP contribution in [0.15, 0.2) is 364 Å². The first kappa shape index (κ1) is 55.2. The Morgan fingerprint density at radius 1 is 0.194 bits per heavy atom. The summed E-state index contributed by atoms with van der Waals surface area (Å²) in [6.07, 6.45) is 0. The molecular formula is C90H60N2S. The van der Waals surface area contributed by atoms with Gasteiger partial charge in [0.2, 0.25) is 0 Å². The number of hydrogen-bond acceptors (Lipinski definition) is 3. The van der Waals surface area contributed by atoms with Crippen molar-refractivity contribution in [1.29, 1.82) is 0 Å². The molecule has 1 heterocycles. The van der Waals surface area contributed by atoms with Crippen molar-refractivity contribution in [3.8, 4) is 77.9 Å². The molecule has 0 aliphatic carbocycles. The first-order valence-corrected chi connectivity index (χ1v) is 32.7. The van der Waals surface area contributed by atoms with Crippen LogP contribution >= 0.6 is 11.3 Å². The smallest absolute Gasteiger partial charge is 0.0540 e. The predicted octanol–water partition coefficient (Wildman–Crippen LogP) is 26.1. The van der Waals surface area contributed by atoms with Crippen molar-refractivity contribution in [2.45, 2.75) is 0 Å². The van der Waals surface area contributed by atoms with Gasteiger partial charge in [0.15, 0.2) is 0 Å². The van der Waals surface area contributed by atoms with E-state index in [0.29, 0.717) is 0 Å². The molecule has 0 amide bonds. The zero-order valence-electron chi connectivity index (χ0n) is 50.9. The maximum absolute atomic E-state index is 2.43. The van der Waals surface area contributed by atoms with Gasteiger partial charge in [-0.15, -0.1) is 11.3 Å². The number of para-hydroxylation sites is 1. The fourth-order valence-electron chi connectivity index (χ4n) is 14.0. The number of benzene rings is 16. The third-order valence-corrected chi connectivity index (χ3v) is 19.7. The minimum atomic E-state index is 1.05. The zero-order chi connectivity index (χ0) is 61.6. The van der Waals surface area contributed by atoms with Crippen molar-refractivity contribution in [1.82, 2.24) is 0 Å². The van der Waals surface area contributed by atoms with Crippen LogP contribution in [-0.4, -0.2) is 0 Å². The SMILES string of the molecule is c1ccc(-c2ccc(-c3ccc(N(c4ccc(-c5cccc6ccccc56)cc4)c4ccccc4-c4cccc(N(c5ccc(-c6ccc7ccccc7c6)cc5)c5ccc(-c6ccc(-c7ccccc7)c7sc8ccccc8c67)cc5)c4)cc3)c3ccccc23)cc1. The van der Waals surface area contributed by atoms with E-state index >= 15 is 0 Å². The molecule has 17 rings (SSSR count). The van der Waals surface area contributed by atoms with E-state index in [2.05, 4.69) is 374 Å². The van der Waals surface area contributed by atoms with Gasteiger partial charge in [0.25, 0.3) is 0 Å². The lowest BCUT2D eigenvalue weighted by Gasteiger charge is -2.29. The van der Waals surface area contributed by atoms with Crippen LogP contribution in [0.3, 0.4) is 0 Å². The molecule has 0 saturated heterocycles. The highest BCUT2D eigenvalue weighted by Crippen LogP contribution is 2.48. The van der Waals surface area contributed by atoms with Gasteiger partial charge in [-0.3, -0.25) is 0 Å². The molecule has 16 aromatic carbocycles. The van der Waals surface area contributed by atoms with Crippen molar-refractivity contribution in [2.24, 2.45) is 0 Å². The molecule has 0 atom stereocenters. The Hall–Kier alpha value is -11.9. The van der Waals surface area contributed by atoms with Gasteiger partial charge in [-0.1, -0.05) is 285 Å². The lowest BCUT2D eigenvalue weighted by Crippen LogP contribution is -2.12. The van der Waals surface area contributed by atoms with E-state index < -0.39 is 0 Å². The van der Waals surface area contributed by atoms with Gasteiger partial charge in [-0.2, -0.15) is 0 Å². The average Bonchev–Trinajstić information content (AvgIpc) is 1.39. The number of fused-ring (bicyclic) bond motifs is 6. The van der Waals surface area contributed by atoms with E-state index in [1.807, 2.05) is 11.3 Å². The molecule has 436 valence electrons. The Bertz CT molecular complexity index is 5590. The lowest BCUT2D eigenvalue weighted by molar-refractivity contribution is 1.27. The van der Waals surface area contributed by atoms with Crippen LogP contribution in [0.25, 0.3) is 130 Å². The van der Waals surface area contributed by atoms with Gasteiger partial charge in [-0.25, -0.2) is 0 Å². The first-order chi connectivity index (χ1) is 46.1. The van der Waals surface area contributed by atoms with Crippen molar-refractivity contribution in [3.63, 3.8) is 0 Å². The second kappa shape index (κ2) is 23.8. The van der Waals surface area contributed by atoms with Crippen LogP contribution < -0.4 is 9.80 Å². The second-order valence-corrected chi connectivity index (χ2v) is 25.0. The standard InChI is InChI=1S/C90H60N2S/c1-3-20-63(21-4-1)79-55-56-80(85-32-12-11-31-84(79)85)67-43-53-75(54-44-67)92(74-51-41-66(42-52-74)78-34-18-26-64-24-9-10-29-77(64)78)87-35-15-13-30-81(87)71-27-17-28-76(60-71)91(72-47-39-62(40-48-72)70-38-37-61-19-7-8-25-69(61)59-70)73-49-45-68(46-50-73)82-57-58-83(65-22-5-2-6-23-65)90-89(82)86-33-14-16-36-88(86)93-90/h1-60H. The zero-order valence-corrected chi connectivity index (χ0v) is 51.8. The van der Waals surface area contributed by atoms with E-state index in [9.17, 15) is 0 Å². The molecule has 3 heteroatoms. The number of rotatable bonds is 13. The normalized spacial score (nSPS) is 11.4. The molecule has 17 aromatic rings. The van der Waals surface area contributed by atoms with Gasteiger partial charge in [0, 0.05) is 54.2 Å². The van der Waals surface area contributed by atoms with E-state index in [1.165, 1.54) is 114 Å². The summed E-state index contributed by atoms with van der Waals surface area (Å²) in [5.74, 6) is 0. The van der Waals surface area contributed by atoms with E-state index in [1.54, 1.807) is 0 Å². The Balaban J connectivity index is 0.784. The molecule has 0 aliphatic rings. The van der Waals surface area contributed by atoms with Crippen LogP contribution in [0.2, 0.25) is 0 Å². The van der Waals surface area contributed by atoms with Crippen LogP contribution in [0.4, 0.5) is 34.1 Å². The Morgan fingerprint density at radius 3 is 1.27 bits per heavy atom. The molecule has 0 radical (unpaired) electrons. The number of thiophene rings is 1. The van der Waals surface area contributed by atoms with Crippen LogP contribution in [0.5, 0.6) is 0 Å². The molecule has 0 bridgehead atoms. The summed E-state index contributed by atoms with van der Waals surface area (Å²) in [4.78, 5) is 4.84. The molecule has 2 nitrogen and oxygen atoms in total. The third-order valence-electron chi connectivity index (χ3n) is 18.5. The monoisotopic (exact) mass is 1200 g/mol. The number of anilines is 6. The topological polar surface area (TPSA) is 6.48 Å². The minimum absolute atomic E-state index is 1.05. The number of hydrogen-bond donors (Lipinski definition) is 0. The fraction of sp³-hybridized carbons (Fsp3) is 0. The molecular weight excluding hydrogens is 1140 g/mol. The van der Waals surface area contributed by atoms with Crippen LogP contribution in [0, 0.1) is 0 Å².